The summed E-state index contributed by atoms with van der Waals surface area (Å²) in [6.07, 6.45) is 0.984. The number of nitrogens with one attached hydrogen (secondary N) is 1. The maximum atomic E-state index is 12.0. The number of hydrogen-bond donors (Lipinski definition) is 2. The predicted molar refractivity (Wildman–Crippen MR) is 90.4 cm³/mol. The van der Waals surface area contributed by atoms with E-state index in [0.29, 0.717) is 31.6 Å². The fourth-order valence-corrected chi connectivity index (χ4v) is 2.27. The molecule has 0 fully saturated rings. The molecule has 1 rings (SSSR count). The molecule has 1 aromatic rings. The minimum absolute atomic E-state index is 0.0381. The third-order valence-electron chi connectivity index (χ3n) is 3.63. The van der Waals surface area contributed by atoms with E-state index in [-0.39, 0.29) is 29.5 Å². The second kappa shape index (κ2) is 9.54. The van der Waals surface area contributed by atoms with Gasteiger partial charge in [-0.1, -0.05) is 0 Å². The Morgan fingerprint density at radius 2 is 1.83 bits per heavy atom. The molecular formula is C17H24N2O5. The number of aromatic carboxylic acids is 1. The largest absolute Gasteiger partial charge is 0.495 e. The summed E-state index contributed by atoms with van der Waals surface area (Å²) in [6, 6.07) is 4.23. The quantitative estimate of drug-likeness (QED) is 0.722. The molecule has 132 valence electrons. The standard InChI is InChI=1S/C17H24N2O5/c1-4-19(5-2)16(21)8-6-7-15(20)18-13-10-9-12(17(22)23)11-14(13)24-3/h9-11H,4-8H2,1-3H3,(H,18,20)(H,22,23). The lowest BCUT2D eigenvalue weighted by atomic mass is 10.1. The van der Waals surface area contributed by atoms with Crippen LogP contribution in [0.4, 0.5) is 5.69 Å². The summed E-state index contributed by atoms with van der Waals surface area (Å²) in [6.45, 7) is 5.16. The molecule has 7 nitrogen and oxygen atoms in total. The third-order valence-corrected chi connectivity index (χ3v) is 3.63. The van der Waals surface area contributed by atoms with Crippen LogP contribution in [-0.4, -0.2) is 48.0 Å². The fraction of sp³-hybridized carbons (Fsp3) is 0.471. The second-order valence-electron chi connectivity index (χ2n) is 5.19. The van der Waals surface area contributed by atoms with E-state index < -0.39 is 5.97 Å². The number of ether oxygens (including phenoxy) is 1. The highest BCUT2D eigenvalue weighted by Crippen LogP contribution is 2.25. The van der Waals surface area contributed by atoms with Crippen molar-refractivity contribution in [3.8, 4) is 5.75 Å². The predicted octanol–water partition coefficient (Wildman–Crippen LogP) is 2.37. The Balaban J connectivity index is 2.56. The Kier molecular flexibility index (Phi) is 7.74. The van der Waals surface area contributed by atoms with E-state index in [1.165, 1.54) is 25.3 Å². The maximum absolute atomic E-state index is 12.0. The Morgan fingerprint density at radius 3 is 2.38 bits per heavy atom. The highest BCUT2D eigenvalue weighted by Gasteiger charge is 2.13. The number of carbonyl (C=O) groups excluding carboxylic acids is 2. The van der Waals surface area contributed by atoms with Crippen molar-refractivity contribution in [2.75, 3.05) is 25.5 Å². The van der Waals surface area contributed by atoms with E-state index in [0.717, 1.165) is 0 Å². The SMILES string of the molecule is CCN(CC)C(=O)CCCC(=O)Nc1ccc(C(=O)O)cc1OC. The van der Waals surface area contributed by atoms with Crippen molar-refractivity contribution < 1.29 is 24.2 Å². The van der Waals surface area contributed by atoms with Gasteiger partial charge in [0.2, 0.25) is 11.8 Å². The first-order valence-electron chi connectivity index (χ1n) is 7.91. The highest BCUT2D eigenvalue weighted by molar-refractivity contribution is 5.94. The second-order valence-corrected chi connectivity index (χ2v) is 5.19. The summed E-state index contributed by atoms with van der Waals surface area (Å²) in [5.74, 6) is -0.997. The van der Waals surface area contributed by atoms with E-state index in [2.05, 4.69) is 5.32 Å². The minimum atomic E-state index is -1.07. The molecule has 0 bridgehead atoms. The van der Waals surface area contributed by atoms with E-state index in [4.69, 9.17) is 9.84 Å². The number of carboxylic acids is 1. The number of hydrogen-bond acceptors (Lipinski definition) is 4. The number of benzene rings is 1. The summed E-state index contributed by atoms with van der Waals surface area (Å²) < 4.78 is 5.10. The smallest absolute Gasteiger partial charge is 0.335 e. The molecule has 0 atom stereocenters. The molecular weight excluding hydrogens is 312 g/mol. The summed E-state index contributed by atoms with van der Waals surface area (Å²) in [7, 11) is 1.40. The average Bonchev–Trinajstić information content (AvgIpc) is 2.56. The van der Waals surface area contributed by atoms with Gasteiger partial charge in [-0.25, -0.2) is 4.79 Å². The van der Waals surface area contributed by atoms with Crippen LogP contribution in [0.1, 0.15) is 43.5 Å². The molecule has 0 heterocycles. The van der Waals surface area contributed by atoms with Gasteiger partial charge in [0.15, 0.2) is 0 Å². The van der Waals surface area contributed by atoms with Gasteiger partial charge in [-0.05, 0) is 38.5 Å². The Hall–Kier alpha value is -2.57. The number of nitrogens with zero attached hydrogens (tertiary/aromatic N) is 1. The van der Waals surface area contributed by atoms with E-state index in [9.17, 15) is 14.4 Å². The molecule has 0 saturated heterocycles. The Labute approximate surface area is 141 Å². The first-order valence-corrected chi connectivity index (χ1v) is 7.91. The fourth-order valence-electron chi connectivity index (χ4n) is 2.27. The van der Waals surface area contributed by atoms with Gasteiger partial charge >= 0.3 is 5.97 Å². The van der Waals surface area contributed by atoms with Crippen molar-refractivity contribution >= 4 is 23.5 Å². The van der Waals surface area contributed by atoms with Crippen LogP contribution in [0.5, 0.6) is 5.75 Å². The summed E-state index contributed by atoms with van der Waals surface area (Å²) >= 11 is 0. The van der Waals surface area contributed by atoms with Gasteiger partial charge in [-0.2, -0.15) is 0 Å². The monoisotopic (exact) mass is 336 g/mol. The Morgan fingerprint density at radius 1 is 1.17 bits per heavy atom. The molecule has 0 aliphatic heterocycles. The van der Waals surface area contributed by atoms with Crippen molar-refractivity contribution in [2.45, 2.75) is 33.1 Å². The lowest BCUT2D eigenvalue weighted by Gasteiger charge is -2.18. The van der Waals surface area contributed by atoms with Crippen molar-refractivity contribution in [3.05, 3.63) is 23.8 Å². The van der Waals surface area contributed by atoms with Crippen LogP contribution in [0, 0.1) is 0 Å². The minimum Gasteiger partial charge on any atom is -0.495 e. The molecule has 0 spiro atoms. The summed E-state index contributed by atoms with van der Waals surface area (Å²) in [5.41, 5.74) is 0.484. The third kappa shape index (κ3) is 5.57. The lowest BCUT2D eigenvalue weighted by Crippen LogP contribution is -2.30. The van der Waals surface area contributed by atoms with Crippen LogP contribution in [0.2, 0.25) is 0 Å². The van der Waals surface area contributed by atoms with Gasteiger partial charge < -0.3 is 20.1 Å². The highest BCUT2D eigenvalue weighted by atomic mass is 16.5. The molecule has 0 aliphatic rings. The number of amides is 2. The van der Waals surface area contributed by atoms with Crippen molar-refractivity contribution in [1.29, 1.82) is 0 Å². The van der Waals surface area contributed by atoms with Crippen LogP contribution in [-0.2, 0) is 9.59 Å². The van der Waals surface area contributed by atoms with E-state index in [1.54, 1.807) is 4.90 Å². The van der Waals surface area contributed by atoms with Crippen LogP contribution in [0.3, 0.4) is 0 Å². The van der Waals surface area contributed by atoms with E-state index in [1.807, 2.05) is 13.8 Å². The molecule has 0 aromatic heterocycles. The molecule has 7 heteroatoms. The first-order chi connectivity index (χ1) is 11.4. The maximum Gasteiger partial charge on any atom is 0.335 e. The molecule has 0 saturated carbocycles. The zero-order valence-electron chi connectivity index (χ0n) is 14.3. The van der Waals surface area contributed by atoms with Crippen molar-refractivity contribution in [3.63, 3.8) is 0 Å². The van der Waals surface area contributed by atoms with Crippen molar-refractivity contribution in [1.82, 2.24) is 4.90 Å². The lowest BCUT2D eigenvalue weighted by molar-refractivity contribution is -0.131. The van der Waals surface area contributed by atoms with Crippen LogP contribution >= 0.6 is 0 Å². The molecule has 1 aromatic carbocycles. The van der Waals surface area contributed by atoms with Gasteiger partial charge in [0.25, 0.3) is 0 Å². The number of rotatable bonds is 9. The van der Waals surface area contributed by atoms with Crippen LogP contribution in [0.15, 0.2) is 18.2 Å². The molecule has 0 aliphatic carbocycles. The van der Waals surface area contributed by atoms with Crippen molar-refractivity contribution in [2.24, 2.45) is 0 Å². The number of anilines is 1. The topological polar surface area (TPSA) is 95.9 Å². The van der Waals surface area contributed by atoms with Gasteiger partial charge in [-0.15, -0.1) is 0 Å². The Bertz CT molecular complexity index is 597. The van der Waals surface area contributed by atoms with Gasteiger partial charge in [-0.3, -0.25) is 9.59 Å². The summed E-state index contributed by atoms with van der Waals surface area (Å²) in [5, 5.41) is 11.6. The van der Waals surface area contributed by atoms with E-state index >= 15 is 0 Å². The number of carbonyl (C=O) groups is 3. The normalized spacial score (nSPS) is 10.1. The molecule has 2 N–H and O–H groups in total. The molecule has 0 unspecified atom stereocenters. The first kappa shape index (κ1) is 19.5. The molecule has 24 heavy (non-hydrogen) atoms. The number of carboxylic acid groups (broad SMARTS) is 1. The molecule has 2 amide bonds. The zero-order chi connectivity index (χ0) is 18.1. The zero-order valence-corrected chi connectivity index (χ0v) is 14.3. The average molecular weight is 336 g/mol. The number of methoxy groups -OCH3 is 1. The molecule has 0 radical (unpaired) electrons. The summed E-state index contributed by atoms with van der Waals surface area (Å²) in [4.78, 5) is 36.5. The van der Waals surface area contributed by atoms with Gasteiger partial charge in [0.1, 0.15) is 5.75 Å². The van der Waals surface area contributed by atoms with Crippen LogP contribution in [0.25, 0.3) is 0 Å². The van der Waals surface area contributed by atoms with Gasteiger partial charge in [0.05, 0.1) is 18.4 Å². The van der Waals surface area contributed by atoms with Gasteiger partial charge in [0, 0.05) is 25.9 Å². The van der Waals surface area contributed by atoms with Crippen LogP contribution < -0.4 is 10.1 Å².